The molecule has 0 spiro atoms. The Kier molecular flexibility index (Phi) is 6.93. The van der Waals surface area contributed by atoms with E-state index in [1.54, 1.807) is 28.4 Å². The van der Waals surface area contributed by atoms with Crippen LogP contribution in [0.15, 0.2) is 24.3 Å². The van der Waals surface area contributed by atoms with E-state index in [2.05, 4.69) is 10.6 Å². The van der Waals surface area contributed by atoms with Gasteiger partial charge in [-0.25, -0.2) is 0 Å². The molecule has 30 heavy (non-hydrogen) atoms. The molecule has 3 atom stereocenters. The summed E-state index contributed by atoms with van der Waals surface area (Å²) in [5, 5.41) is 6.01. The quantitative estimate of drug-likeness (QED) is 0.672. The number of hydrogen-bond acceptors (Lipinski definition) is 5. The van der Waals surface area contributed by atoms with Gasteiger partial charge >= 0.3 is 0 Å². The molecule has 4 rings (SSSR count). The molecule has 2 N–H and O–H groups in total. The molecule has 6 nitrogen and oxygen atoms in total. The van der Waals surface area contributed by atoms with Gasteiger partial charge in [-0.3, -0.25) is 14.4 Å². The van der Waals surface area contributed by atoms with Crippen LogP contribution in [0.4, 0.5) is 0 Å². The number of nitrogens with one attached hydrogen (secondary N) is 2. The Morgan fingerprint density at radius 1 is 1.23 bits per heavy atom. The van der Waals surface area contributed by atoms with Crippen molar-refractivity contribution in [3.8, 4) is 0 Å². The van der Waals surface area contributed by atoms with E-state index in [4.69, 9.17) is 0 Å². The summed E-state index contributed by atoms with van der Waals surface area (Å²) < 4.78 is 0. The van der Waals surface area contributed by atoms with Gasteiger partial charge in [-0.05, 0) is 42.9 Å². The summed E-state index contributed by atoms with van der Waals surface area (Å²) in [5.41, 5.74) is 1.67. The molecule has 2 fully saturated rings. The Bertz CT molecular complexity index is 813. The zero-order chi connectivity index (χ0) is 21.1. The van der Waals surface area contributed by atoms with Crippen molar-refractivity contribution in [3.63, 3.8) is 0 Å². The Morgan fingerprint density at radius 3 is 2.77 bits per heavy atom. The number of benzene rings is 1. The van der Waals surface area contributed by atoms with E-state index in [0.717, 1.165) is 37.0 Å². The maximum absolute atomic E-state index is 13.1. The zero-order valence-electron chi connectivity index (χ0n) is 17.3. The number of rotatable bonds is 7. The summed E-state index contributed by atoms with van der Waals surface area (Å²) in [7, 11) is 0. The van der Waals surface area contributed by atoms with E-state index in [1.807, 2.05) is 30.5 Å². The van der Waals surface area contributed by atoms with E-state index in [-0.39, 0.29) is 29.1 Å². The maximum Gasteiger partial charge on any atom is 0.256 e. The van der Waals surface area contributed by atoms with Crippen LogP contribution in [0.2, 0.25) is 0 Å². The third kappa shape index (κ3) is 4.35. The molecule has 0 unspecified atom stereocenters. The molecule has 0 aromatic heterocycles. The van der Waals surface area contributed by atoms with Crippen molar-refractivity contribution in [1.82, 2.24) is 15.5 Å². The Morgan fingerprint density at radius 2 is 2.00 bits per heavy atom. The number of carbonyl (C=O) groups excluding carboxylic acids is 3. The molecule has 1 aromatic rings. The van der Waals surface area contributed by atoms with Crippen LogP contribution < -0.4 is 10.6 Å². The van der Waals surface area contributed by atoms with Gasteiger partial charge in [0, 0.05) is 17.4 Å². The van der Waals surface area contributed by atoms with Crippen LogP contribution in [0.3, 0.4) is 0 Å². The van der Waals surface area contributed by atoms with Crippen molar-refractivity contribution in [2.45, 2.75) is 62.0 Å². The molecular formula is C22H29N3O3S2. The van der Waals surface area contributed by atoms with E-state index in [1.165, 1.54) is 6.42 Å². The largest absolute Gasteiger partial charge is 0.352 e. The summed E-state index contributed by atoms with van der Waals surface area (Å²) in [5.74, 6) is 0.932. The number of hydrogen-bond donors (Lipinski definition) is 2. The zero-order valence-corrected chi connectivity index (χ0v) is 18.9. The van der Waals surface area contributed by atoms with Crippen molar-refractivity contribution in [2.24, 2.45) is 0 Å². The second-order valence-electron chi connectivity index (χ2n) is 8.19. The lowest BCUT2D eigenvalue weighted by Crippen LogP contribution is -2.54. The first-order valence-corrected chi connectivity index (χ1v) is 13.2. The highest BCUT2D eigenvalue weighted by Crippen LogP contribution is 2.48. The molecule has 8 heteroatoms. The highest BCUT2D eigenvalue weighted by atomic mass is 32.2. The standard InChI is InChI=1S/C22H29N3O3S2/c1-29-12-11-17(19(26)23-14-7-3-2-4-8-14)24-20(27)18-13-30-22-16-10-6-5-9-15(16)21(28)25(18)22/h5-6,9-10,14,17-18,22H,2-4,7-8,11-13H2,1H3,(H,23,26)(H,24,27)/t17-,18-,22-/m0/s1. The lowest BCUT2D eigenvalue weighted by Gasteiger charge is -2.28. The first kappa shape index (κ1) is 21.6. The number of nitrogens with zero attached hydrogens (tertiary/aromatic N) is 1. The van der Waals surface area contributed by atoms with Gasteiger partial charge in [0.1, 0.15) is 17.5 Å². The fourth-order valence-corrected chi connectivity index (χ4v) is 6.50. The molecule has 1 aliphatic carbocycles. The molecule has 3 amide bonds. The maximum atomic E-state index is 13.1. The second-order valence-corrected chi connectivity index (χ2v) is 10.3. The molecule has 0 radical (unpaired) electrons. The molecule has 2 aliphatic heterocycles. The molecule has 2 heterocycles. The highest BCUT2D eigenvalue weighted by molar-refractivity contribution is 7.99. The predicted octanol–water partition coefficient (Wildman–Crippen LogP) is 2.94. The molecule has 1 aromatic carbocycles. The lowest BCUT2D eigenvalue weighted by molar-refractivity contribution is -0.131. The molecule has 162 valence electrons. The first-order valence-electron chi connectivity index (χ1n) is 10.7. The van der Waals surface area contributed by atoms with Crippen LogP contribution in [0, 0.1) is 0 Å². The summed E-state index contributed by atoms with van der Waals surface area (Å²) in [6.07, 6.45) is 8.12. The Balaban J connectivity index is 1.42. The summed E-state index contributed by atoms with van der Waals surface area (Å²) in [6, 6.07) is 6.68. The fraction of sp³-hybridized carbons (Fsp3) is 0.591. The molecule has 0 bridgehead atoms. The Hall–Kier alpha value is -1.67. The van der Waals surface area contributed by atoms with Gasteiger partial charge < -0.3 is 15.5 Å². The van der Waals surface area contributed by atoms with Gasteiger partial charge in [-0.15, -0.1) is 11.8 Å². The smallest absolute Gasteiger partial charge is 0.256 e. The van der Waals surface area contributed by atoms with Crippen molar-refractivity contribution < 1.29 is 14.4 Å². The average Bonchev–Trinajstić information content (AvgIpc) is 3.32. The van der Waals surface area contributed by atoms with E-state index >= 15 is 0 Å². The number of amides is 3. The monoisotopic (exact) mass is 447 g/mol. The van der Waals surface area contributed by atoms with Crippen LogP contribution in [0.1, 0.15) is 59.8 Å². The van der Waals surface area contributed by atoms with Crippen molar-refractivity contribution in [1.29, 1.82) is 0 Å². The number of thioether (sulfide) groups is 2. The predicted molar refractivity (Wildman–Crippen MR) is 122 cm³/mol. The molecule has 3 aliphatic rings. The summed E-state index contributed by atoms with van der Waals surface area (Å²) in [6.45, 7) is 0. The van der Waals surface area contributed by atoms with Crippen LogP contribution in [-0.4, -0.2) is 58.5 Å². The van der Waals surface area contributed by atoms with Crippen molar-refractivity contribution in [2.75, 3.05) is 17.8 Å². The minimum Gasteiger partial charge on any atom is -0.352 e. The van der Waals surface area contributed by atoms with Crippen LogP contribution in [0.5, 0.6) is 0 Å². The van der Waals surface area contributed by atoms with E-state index in [0.29, 0.717) is 17.7 Å². The topological polar surface area (TPSA) is 78.5 Å². The summed E-state index contributed by atoms with van der Waals surface area (Å²) >= 11 is 3.28. The van der Waals surface area contributed by atoms with Gasteiger partial charge in [0.15, 0.2) is 0 Å². The fourth-order valence-electron chi connectivity index (χ4n) is 4.56. The first-order chi connectivity index (χ1) is 14.6. The van der Waals surface area contributed by atoms with Gasteiger partial charge in [0.25, 0.3) is 5.91 Å². The minimum absolute atomic E-state index is 0.0897. The number of carbonyl (C=O) groups is 3. The van der Waals surface area contributed by atoms with Crippen LogP contribution in [-0.2, 0) is 9.59 Å². The van der Waals surface area contributed by atoms with Gasteiger partial charge in [-0.2, -0.15) is 11.8 Å². The van der Waals surface area contributed by atoms with Crippen LogP contribution in [0.25, 0.3) is 0 Å². The van der Waals surface area contributed by atoms with E-state index in [9.17, 15) is 14.4 Å². The summed E-state index contributed by atoms with van der Waals surface area (Å²) in [4.78, 5) is 40.7. The van der Waals surface area contributed by atoms with E-state index < -0.39 is 12.1 Å². The van der Waals surface area contributed by atoms with Gasteiger partial charge in [0.2, 0.25) is 11.8 Å². The molecule has 1 saturated carbocycles. The SMILES string of the molecule is CSCC[C@H](NC(=O)[C@@H]1CS[C@H]2c3ccccc3C(=O)N12)C(=O)NC1CCCCC1. The second kappa shape index (κ2) is 9.64. The van der Waals surface area contributed by atoms with Crippen LogP contribution >= 0.6 is 23.5 Å². The molecule has 1 saturated heterocycles. The van der Waals surface area contributed by atoms with Gasteiger partial charge in [0.05, 0.1) is 0 Å². The minimum atomic E-state index is -0.559. The third-order valence-electron chi connectivity index (χ3n) is 6.19. The van der Waals surface area contributed by atoms with Crippen molar-refractivity contribution in [3.05, 3.63) is 35.4 Å². The van der Waals surface area contributed by atoms with Gasteiger partial charge in [-0.1, -0.05) is 37.5 Å². The lowest BCUT2D eigenvalue weighted by atomic mass is 9.95. The normalized spacial score (nSPS) is 24.3. The Labute approximate surface area is 186 Å². The number of fused-ring (bicyclic) bond motifs is 3. The van der Waals surface area contributed by atoms with Crippen molar-refractivity contribution >= 4 is 41.2 Å². The average molecular weight is 448 g/mol. The molecular weight excluding hydrogens is 418 g/mol. The highest BCUT2D eigenvalue weighted by Gasteiger charge is 2.48. The third-order valence-corrected chi connectivity index (χ3v) is 8.14.